The number of nitrogens with zero attached hydrogens (tertiary/aromatic N) is 3. The van der Waals surface area contributed by atoms with Crippen molar-refractivity contribution in [1.29, 1.82) is 0 Å². The van der Waals surface area contributed by atoms with Crippen molar-refractivity contribution in [3.63, 3.8) is 0 Å². The summed E-state index contributed by atoms with van der Waals surface area (Å²) in [6.07, 6.45) is 0.727. The maximum atomic E-state index is 14.8. The summed E-state index contributed by atoms with van der Waals surface area (Å²) >= 11 is 0. The minimum absolute atomic E-state index is 0.0466. The number of fused-ring (bicyclic) bond motifs is 5. The van der Waals surface area contributed by atoms with E-state index < -0.39 is 7.92 Å². The third kappa shape index (κ3) is 3.74. The maximum absolute atomic E-state index is 14.8. The van der Waals surface area contributed by atoms with Gasteiger partial charge in [-0.3, -0.25) is 9.36 Å². The van der Waals surface area contributed by atoms with E-state index in [9.17, 15) is 9.18 Å². The number of amides is 1. The van der Waals surface area contributed by atoms with E-state index in [-0.39, 0.29) is 17.8 Å². The van der Waals surface area contributed by atoms with Crippen molar-refractivity contribution in [2.24, 2.45) is 0 Å². The van der Waals surface area contributed by atoms with Gasteiger partial charge in [-0.25, -0.2) is 9.37 Å². The van der Waals surface area contributed by atoms with E-state index in [4.69, 9.17) is 4.98 Å². The van der Waals surface area contributed by atoms with Gasteiger partial charge in [0, 0.05) is 17.9 Å². The summed E-state index contributed by atoms with van der Waals surface area (Å²) in [5.74, 6) is 6.76. The third-order valence-corrected chi connectivity index (χ3v) is 7.99. The molecule has 0 N–H and O–H groups in total. The molecule has 6 heteroatoms. The van der Waals surface area contributed by atoms with Crippen molar-refractivity contribution >= 4 is 30.2 Å². The molecule has 0 spiro atoms. The number of hydrogen-bond acceptors (Lipinski definition) is 2. The average Bonchev–Trinajstić information content (AvgIpc) is 3.17. The zero-order valence-corrected chi connectivity index (χ0v) is 21.5. The highest BCUT2D eigenvalue weighted by atomic mass is 31.1. The molecule has 1 aliphatic rings. The molecule has 35 heavy (non-hydrogen) atoms. The number of halogens is 1. The second kappa shape index (κ2) is 8.95. The quantitative estimate of drug-likeness (QED) is 0.261. The third-order valence-electron chi connectivity index (χ3n) is 6.67. The Labute approximate surface area is 206 Å². The van der Waals surface area contributed by atoms with E-state index in [0.717, 1.165) is 51.0 Å². The second-order valence-electron chi connectivity index (χ2n) is 8.99. The Hall–Kier alpha value is -3.48. The van der Waals surface area contributed by atoms with Crippen molar-refractivity contribution in [2.75, 3.05) is 20.4 Å². The summed E-state index contributed by atoms with van der Waals surface area (Å²) in [5.41, 5.74) is 5.57. The number of imidazole rings is 1. The highest BCUT2D eigenvalue weighted by Gasteiger charge is 2.34. The van der Waals surface area contributed by atoms with Crippen LogP contribution >= 0.6 is 7.92 Å². The lowest BCUT2D eigenvalue weighted by molar-refractivity contribution is 0.0726. The number of hydrogen-bond donors (Lipinski definition) is 0. The first-order chi connectivity index (χ1) is 16.8. The van der Waals surface area contributed by atoms with Gasteiger partial charge in [-0.15, -0.1) is 5.92 Å². The van der Waals surface area contributed by atoms with Crippen molar-refractivity contribution in [1.82, 2.24) is 14.5 Å². The van der Waals surface area contributed by atoms with E-state index in [1.807, 2.05) is 55.6 Å². The zero-order valence-electron chi connectivity index (χ0n) is 20.6. The molecule has 0 saturated heterocycles. The van der Waals surface area contributed by atoms with Crippen LogP contribution in [0.5, 0.6) is 0 Å². The van der Waals surface area contributed by atoms with Crippen LogP contribution in [0.2, 0.25) is 0 Å². The Morgan fingerprint density at radius 1 is 1.09 bits per heavy atom. The summed E-state index contributed by atoms with van der Waals surface area (Å²) in [6, 6.07) is 17.0. The normalized spacial score (nSPS) is 15.0. The van der Waals surface area contributed by atoms with Crippen LogP contribution in [0.4, 0.5) is 4.39 Å². The van der Waals surface area contributed by atoms with Gasteiger partial charge >= 0.3 is 0 Å². The van der Waals surface area contributed by atoms with Gasteiger partial charge in [-0.1, -0.05) is 45.0 Å². The first-order valence-corrected chi connectivity index (χ1v) is 13.9. The number of para-hydroxylation sites is 1. The van der Waals surface area contributed by atoms with Gasteiger partial charge in [-0.2, -0.15) is 0 Å². The summed E-state index contributed by atoms with van der Waals surface area (Å²) in [4.78, 5) is 20.2. The Kier molecular flexibility index (Phi) is 5.95. The Morgan fingerprint density at radius 2 is 1.83 bits per heavy atom. The topological polar surface area (TPSA) is 38.1 Å². The Bertz CT molecular complexity index is 1540. The first kappa shape index (κ1) is 23.3. The average molecular weight is 484 g/mol. The second-order valence-corrected chi connectivity index (χ2v) is 11.3. The highest BCUT2D eigenvalue weighted by molar-refractivity contribution is 7.64. The van der Waals surface area contributed by atoms with E-state index in [2.05, 4.69) is 36.7 Å². The molecular weight excluding hydrogens is 456 g/mol. The predicted molar refractivity (Wildman–Crippen MR) is 143 cm³/mol. The fourth-order valence-corrected chi connectivity index (χ4v) is 5.80. The van der Waals surface area contributed by atoms with Crippen LogP contribution < -0.4 is 5.30 Å². The van der Waals surface area contributed by atoms with Gasteiger partial charge in [0.2, 0.25) is 0 Å². The lowest BCUT2D eigenvalue weighted by Gasteiger charge is -2.24. The largest absolute Gasteiger partial charge is 0.331 e. The van der Waals surface area contributed by atoms with Crippen molar-refractivity contribution in [2.45, 2.75) is 26.3 Å². The molecule has 5 rings (SSSR count). The molecule has 2 heterocycles. The van der Waals surface area contributed by atoms with Gasteiger partial charge < -0.3 is 4.90 Å². The maximum Gasteiger partial charge on any atom is 0.256 e. The zero-order chi connectivity index (χ0) is 24.9. The number of aromatic nitrogens is 2. The van der Waals surface area contributed by atoms with Gasteiger partial charge in [0.15, 0.2) is 0 Å². The number of rotatable bonds is 3. The lowest BCUT2D eigenvalue weighted by Crippen LogP contribution is -2.30. The molecule has 4 aromatic rings. The lowest BCUT2D eigenvalue weighted by atomic mass is 10.0. The Morgan fingerprint density at radius 3 is 2.51 bits per heavy atom. The molecule has 1 aliphatic heterocycles. The van der Waals surface area contributed by atoms with Crippen molar-refractivity contribution < 1.29 is 9.18 Å². The molecule has 0 radical (unpaired) electrons. The molecule has 0 aliphatic carbocycles. The monoisotopic (exact) mass is 483 g/mol. The molecule has 3 aromatic carbocycles. The van der Waals surface area contributed by atoms with Gasteiger partial charge in [0.05, 0.1) is 28.3 Å². The first-order valence-electron chi connectivity index (χ1n) is 11.7. The number of benzene rings is 3. The van der Waals surface area contributed by atoms with E-state index >= 15 is 0 Å². The van der Waals surface area contributed by atoms with Crippen LogP contribution in [-0.4, -0.2) is 40.7 Å². The van der Waals surface area contributed by atoms with Crippen LogP contribution in [0, 0.1) is 17.7 Å². The predicted octanol–water partition coefficient (Wildman–Crippen LogP) is 6.11. The van der Waals surface area contributed by atoms with Crippen LogP contribution in [0.25, 0.3) is 27.8 Å². The summed E-state index contributed by atoms with van der Waals surface area (Å²) in [5, 5.41) is 0.770. The van der Waals surface area contributed by atoms with Crippen LogP contribution in [0.3, 0.4) is 0 Å². The minimum Gasteiger partial charge on any atom is -0.331 e. The Balaban J connectivity index is 1.82. The fraction of sp³-hybridized carbons (Fsp3) is 0.241. The fourth-order valence-electron chi connectivity index (χ4n) is 4.93. The summed E-state index contributed by atoms with van der Waals surface area (Å²) in [7, 11) is 1.31. The van der Waals surface area contributed by atoms with E-state index in [0.29, 0.717) is 5.56 Å². The molecule has 1 unspecified atom stereocenters. The summed E-state index contributed by atoms with van der Waals surface area (Å²) < 4.78 is 16.9. The number of carbonyl (C=O) groups is 1. The molecule has 0 bridgehead atoms. The SMILES string of the molecule is CC#Cc1cccc2c1-n1c(nc3ccc(-c4ccc(P(C)C)c(F)c4)cc31)C(CC)N(C)C2=O. The molecule has 176 valence electrons. The van der Waals surface area contributed by atoms with Crippen LogP contribution in [0.15, 0.2) is 54.6 Å². The molecule has 4 nitrogen and oxygen atoms in total. The minimum atomic E-state index is -0.519. The molecule has 1 aromatic heterocycles. The van der Waals surface area contributed by atoms with Gasteiger partial charge in [0.1, 0.15) is 11.6 Å². The standard InChI is InChI=1S/C29H27FN3OP/c1-6-9-18-10-8-11-21-27(18)33-25-17-20(19-13-15-26(35(4)5)22(30)16-19)12-14-23(25)31-28(33)24(7-2)32(3)29(21)34/h8,10-17,24H,7H2,1-5H3. The highest BCUT2D eigenvalue weighted by Crippen LogP contribution is 2.38. The van der Waals surface area contributed by atoms with Crippen LogP contribution in [0.1, 0.15) is 48.1 Å². The van der Waals surface area contributed by atoms with Crippen molar-refractivity contribution in [3.8, 4) is 28.7 Å². The molecule has 1 atom stereocenters. The smallest absolute Gasteiger partial charge is 0.256 e. The van der Waals surface area contributed by atoms with E-state index in [1.54, 1.807) is 17.9 Å². The van der Waals surface area contributed by atoms with Gasteiger partial charge in [-0.05, 0) is 68.1 Å². The van der Waals surface area contributed by atoms with Crippen molar-refractivity contribution in [3.05, 3.63) is 77.4 Å². The number of carbonyl (C=O) groups excluding carboxylic acids is 1. The van der Waals surface area contributed by atoms with Gasteiger partial charge in [0.25, 0.3) is 5.91 Å². The molecule has 1 amide bonds. The summed E-state index contributed by atoms with van der Waals surface area (Å²) in [6.45, 7) is 7.96. The van der Waals surface area contributed by atoms with E-state index in [1.165, 1.54) is 0 Å². The van der Waals surface area contributed by atoms with Crippen LogP contribution in [-0.2, 0) is 0 Å². The molecule has 0 saturated carbocycles. The molecular formula is C29H27FN3OP. The molecule has 0 fully saturated rings.